The molecule has 7 nitrogen and oxygen atoms in total. The van der Waals surface area contributed by atoms with E-state index in [1.165, 1.54) is 36.2 Å². The van der Waals surface area contributed by atoms with Gasteiger partial charge in [0.25, 0.3) is 5.91 Å². The lowest BCUT2D eigenvalue weighted by molar-refractivity contribution is 0.0928. The van der Waals surface area contributed by atoms with Crippen molar-refractivity contribution >= 4 is 33.3 Å². The topological polar surface area (TPSA) is 79.4 Å². The number of anilines is 1. The van der Waals surface area contributed by atoms with Crippen LogP contribution < -0.4 is 10.6 Å². The van der Waals surface area contributed by atoms with E-state index in [-0.39, 0.29) is 11.9 Å². The normalized spacial score (nSPS) is 15.5. The minimum Gasteiger partial charge on any atom is -0.385 e. The lowest BCUT2D eigenvalue weighted by Gasteiger charge is -2.35. The number of piperidine rings is 1. The Labute approximate surface area is 199 Å². The number of carbonyl (C=O) groups is 1. The van der Waals surface area contributed by atoms with E-state index >= 15 is 0 Å². The zero-order chi connectivity index (χ0) is 23.0. The van der Waals surface area contributed by atoms with Crippen molar-refractivity contribution in [2.45, 2.75) is 38.6 Å². The Kier molecular flexibility index (Phi) is 8.25. The van der Waals surface area contributed by atoms with E-state index in [0.29, 0.717) is 18.0 Å². The molecule has 2 N–H and O–H groups in total. The molecule has 3 aromatic rings. The maximum atomic E-state index is 13.3. The molecule has 33 heavy (non-hydrogen) atoms. The van der Waals surface area contributed by atoms with E-state index in [0.717, 1.165) is 47.7 Å². The summed E-state index contributed by atoms with van der Waals surface area (Å²) >= 11 is 1.43. The molecule has 1 saturated heterocycles. The minimum atomic E-state index is -0.0428. The molecule has 1 aromatic carbocycles. The molecule has 0 unspecified atom stereocenters. The van der Waals surface area contributed by atoms with Crippen LogP contribution in [0.5, 0.6) is 0 Å². The number of amides is 1. The third kappa shape index (κ3) is 5.69. The van der Waals surface area contributed by atoms with Crippen LogP contribution in [0.1, 0.15) is 52.5 Å². The second-order valence-corrected chi connectivity index (χ2v) is 9.46. The second-order valence-electron chi connectivity index (χ2n) is 8.46. The quantitative estimate of drug-likeness (QED) is 0.430. The fraction of sp³-hybridized carbons (Fsp3) is 0.480. The maximum Gasteiger partial charge on any atom is 0.261 e. The molecule has 0 bridgehead atoms. The molecule has 1 amide bonds. The Morgan fingerprint density at radius 2 is 1.97 bits per heavy atom. The number of methoxy groups -OCH3 is 1. The number of benzene rings is 1. The van der Waals surface area contributed by atoms with Crippen molar-refractivity contribution in [3.8, 4) is 0 Å². The summed E-state index contributed by atoms with van der Waals surface area (Å²) in [6.45, 7) is 6.17. The third-order valence-electron chi connectivity index (χ3n) is 6.22. The molecule has 176 valence electrons. The van der Waals surface area contributed by atoms with Crippen molar-refractivity contribution in [1.29, 1.82) is 0 Å². The molecule has 0 radical (unpaired) electrons. The molecule has 1 aliphatic rings. The van der Waals surface area contributed by atoms with Crippen LogP contribution in [0.15, 0.2) is 36.7 Å². The van der Waals surface area contributed by atoms with Gasteiger partial charge in [-0.15, -0.1) is 11.3 Å². The molecule has 1 atom stereocenters. The van der Waals surface area contributed by atoms with Gasteiger partial charge in [0.15, 0.2) is 0 Å². The minimum absolute atomic E-state index is 0.0428. The molecule has 2 aromatic heterocycles. The first-order chi connectivity index (χ1) is 16.2. The summed E-state index contributed by atoms with van der Waals surface area (Å²) in [4.78, 5) is 26.1. The molecule has 4 rings (SSSR count). The number of hydrogen-bond donors (Lipinski definition) is 2. The number of ether oxygens (including phenoxy) is 1. The van der Waals surface area contributed by atoms with Crippen molar-refractivity contribution in [3.63, 3.8) is 0 Å². The first-order valence-corrected chi connectivity index (χ1v) is 12.5. The summed E-state index contributed by atoms with van der Waals surface area (Å²) < 4.78 is 5.12. The summed E-state index contributed by atoms with van der Waals surface area (Å²) in [7, 11) is 1.70. The summed E-state index contributed by atoms with van der Waals surface area (Å²) in [6, 6.07) is 10.7. The van der Waals surface area contributed by atoms with Gasteiger partial charge in [-0.3, -0.25) is 9.69 Å². The van der Waals surface area contributed by atoms with Crippen molar-refractivity contribution in [3.05, 3.63) is 52.7 Å². The lowest BCUT2D eigenvalue weighted by Crippen LogP contribution is -2.40. The van der Waals surface area contributed by atoms with Gasteiger partial charge in [-0.25, -0.2) is 9.97 Å². The van der Waals surface area contributed by atoms with E-state index < -0.39 is 0 Å². The van der Waals surface area contributed by atoms with Crippen LogP contribution in [0.2, 0.25) is 0 Å². The van der Waals surface area contributed by atoms with E-state index in [4.69, 9.17) is 4.74 Å². The number of likely N-dealkylation sites (tertiary alicyclic amines) is 1. The number of rotatable bonds is 10. The zero-order valence-corrected chi connectivity index (χ0v) is 20.3. The van der Waals surface area contributed by atoms with Gasteiger partial charge in [0.05, 0.1) is 16.3 Å². The lowest BCUT2D eigenvalue weighted by atomic mass is 10.0. The number of hydrogen-bond acceptors (Lipinski definition) is 7. The van der Waals surface area contributed by atoms with Crippen LogP contribution in [0.3, 0.4) is 0 Å². The Balaban J connectivity index is 1.50. The first-order valence-electron chi connectivity index (χ1n) is 11.7. The van der Waals surface area contributed by atoms with E-state index in [2.05, 4.69) is 49.8 Å². The summed E-state index contributed by atoms with van der Waals surface area (Å²) in [5.41, 5.74) is 2.18. The van der Waals surface area contributed by atoms with E-state index in [1.807, 2.05) is 13.0 Å². The van der Waals surface area contributed by atoms with Crippen molar-refractivity contribution in [1.82, 2.24) is 20.2 Å². The number of carbonyl (C=O) groups excluding carboxylic acids is 1. The largest absolute Gasteiger partial charge is 0.385 e. The molecular formula is C25H33N5O2S. The monoisotopic (exact) mass is 467 g/mol. The highest BCUT2D eigenvalue weighted by Gasteiger charge is 2.24. The van der Waals surface area contributed by atoms with Crippen LogP contribution in [-0.2, 0) is 4.74 Å². The average Bonchev–Trinajstić information content (AvgIpc) is 3.20. The Bertz CT molecular complexity index is 1050. The number of aryl methyl sites for hydroxylation is 1. The molecule has 0 spiro atoms. The number of nitrogens with zero attached hydrogens (tertiary/aromatic N) is 3. The fourth-order valence-electron chi connectivity index (χ4n) is 4.48. The summed E-state index contributed by atoms with van der Waals surface area (Å²) in [5.74, 6) is 0.734. The predicted molar refractivity (Wildman–Crippen MR) is 134 cm³/mol. The number of aromatic nitrogens is 2. The number of thiophene rings is 1. The molecule has 0 aliphatic carbocycles. The molecule has 1 fully saturated rings. The van der Waals surface area contributed by atoms with Gasteiger partial charge in [0.1, 0.15) is 17.0 Å². The molecular weight excluding hydrogens is 434 g/mol. The summed E-state index contributed by atoms with van der Waals surface area (Å²) in [5, 5.41) is 7.52. The van der Waals surface area contributed by atoms with Gasteiger partial charge >= 0.3 is 0 Å². The number of nitrogens with one attached hydrogen (secondary N) is 2. The van der Waals surface area contributed by atoms with Gasteiger partial charge in [0.2, 0.25) is 0 Å². The van der Waals surface area contributed by atoms with Crippen LogP contribution in [0.25, 0.3) is 10.2 Å². The zero-order valence-electron chi connectivity index (χ0n) is 19.5. The van der Waals surface area contributed by atoms with Crippen LogP contribution in [0.4, 0.5) is 5.82 Å². The highest BCUT2D eigenvalue weighted by molar-refractivity contribution is 7.20. The third-order valence-corrected chi connectivity index (χ3v) is 7.42. The Morgan fingerprint density at radius 1 is 1.18 bits per heavy atom. The first kappa shape index (κ1) is 23.6. The van der Waals surface area contributed by atoms with Crippen LogP contribution >= 0.6 is 11.3 Å². The van der Waals surface area contributed by atoms with Gasteiger partial charge in [-0.1, -0.05) is 36.8 Å². The van der Waals surface area contributed by atoms with Crippen LogP contribution in [0, 0.1) is 6.92 Å². The number of fused-ring (bicyclic) bond motifs is 1. The highest BCUT2D eigenvalue weighted by Crippen LogP contribution is 2.33. The van der Waals surface area contributed by atoms with Crippen LogP contribution in [-0.4, -0.2) is 60.7 Å². The fourth-order valence-corrected chi connectivity index (χ4v) is 5.54. The Morgan fingerprint density at radius 3 is 2.73 bits per heavy atom. The van der Waals surface area contributed by atoms with Crippen molar-refractivity contribution < 1.29 is 9.53 Å². The second kappa shape index (κ2) is 11.5. The average molecular weight is 468 g/mol. The van der Waals surface area contributed by atoms with Gasteiger partial charge in [-0.2, -0.15) is 0 Å². The Hall–Kier alpha value is -2.55. The predicted octanol–water partition coefficient (Wildman–Crippen LogP) is 4.41. The van der Waals surface area contributed by atoms with Crippen molar-refractivity contribution in [2.75, 3.05) is 45.2 Å². The SMILES string of the molecule is COCCCNc1ncnc2sc(C(=O)NC[C@H](c3ccccc3)N3CCCCC3)c(C)c12. The van der Waals surface area contributed by atoms with Gasteiger partial charge < -0.3 is 15.4 Å². The van der Waals surface area contributed by atoms with Gasteiger partial charge in [-0.05, 0) is 50.4 Å². The highest BCUT2D eigenvalue weighted by atomic mass is 32.1. The molecule has 0 saturated carbocycles. The maximum absolute atomic E-state index is 13.3. The smallest absolute Gasteiger partial charge is 0.261 e. The standard InChI is InChI=1S/C25H33N5O2S/c1-18-21-23(26-12-9-15-32-2)28-17-29-25(21)33-22(18)24(31)27-16-20(19-10-5-3-6-11-19)30-13-7-4-8-14-30/h3,5-6,10-11,17,20H,4,7-9,12-16H2,1-2H3,(H,27,31)(H,26,28,29)/t20-/m1/s1. The van der Waals surface area contributed by atoms with E-state index in [1.54, 1.807) is 13.4 Å². The van der Waals surface area contributed by atoms with E-state index in [9.17, 15) is 4.79 Å². The molecule has 1 aliphatic heterocycles. The van der Waals surface area contributed by atoms with Crippen molar-refractivity contribution in [2.24, 2.45) is 0 Å². The molecule has 3 heterocycles. The summed E-state index contributed by atoms with van der Waals surface area (Å²) in [6.07, 6.45) is 6.15. The molecule has 8 heteroatoms. The van der Waals surface area contributed by atoms with Gasteiger partial charge in [0, 0.05) is 26.8 Å².